The van der Waals surface area contributed by atoms with E-state index in [0.717, 1.165) is 16.9 Å². The number of aryl methyl sites for hydroxylation is 1. The number of sulfonamides is 1. The van der Waals surface area contributed by atoms with Gasteiger partial charge < -0.3 is 5.11 Å². The van der Waals surface area contributed by atoms with Crippen LogP contribution in [0.25, 0.3) is 0 Å². The molecule has 2 heterocycles. The number of nitrogens with zero attached hydrogens (tertiary/aromatic N) is 1. The highest BCUT2D eigenvalue weighted by atomic mass is 32.2. The normalized spacial score (nSPS) is 11.5. The molecule has 2 aromatic rings. The molecule has 0 aliphatic heterocycles. The standard InChI is InChI=1S/C13H14N2O4S2/c1-9-8-20-11(13(16)17)12(9)21(18,19)15-6-4-10-3-2-5-14-7-10/h2-3,5,7-8,15H,4,6H2,1H3,(H,16,17). The fraction of sp³-hybridized carbons (Fsp3) is 0.231. The zero-order valence-corrected chi connectivity index (χ0v) is 12.9. The quantitative estimate of drug-likeness (QED) is 0.842. The van der Waals surface area contributed by atoms with Crippen molar-refractivity contribution in [3.63, 3.8) is 0 Å². The number of aromatic nitrogens is 1. The Labute approximate surface area is 126 Å². The molecule has 0 unspecified atom stereocenters. The zero-order valence-electron chi connectivity index (χ0n) is 11.2. The van der Waals surface area contributed by atoms with Crippen LogP contribution >= 0.6 is 11.3 Å². The van der Waals surface area contributed by atoms with Gasteiger partial charge in [-0.05, 0) is 35.9 Å². The molecule has 2 rings (SSSR count). The van der Waals surface area contributed by atoms with E-state index in [1.54, 1.807) is 25.4 Å². The average Bonchev–Trinajstić information content (AvgIpc) is 2.83. The van der Waals surface area contributed by atoms with Crippen LogP contribution < -0.4 is 4.72 Å². The first-order valence-corrected chi connectivity index (χ1v) is 8.48. The van der Waals surface area contributed by atoms with Gasteiger partial charge in [0.15, 0.2) is 0 Å². The van der Waals surface area contributed by atoms with E-state index in [4.69, 9.17) is 5.11 Å². The van der Waals surface area contributed by atoms with Crippen molar-refractivity contribution in [1.29, 1.82) is 0 Å². The van der Waals surface area contributed by atoms with Crippen molar-refractivity contribution < 1.29 is 18.3 Å². The molecule has 0 fully saturated rings. The van der Waals surface area contributed by atoms with Crippen LogP contribution in [0.3, 0.4) is 0 Å². The summed E-state index contributed by atoms with van der Waals surface area (Å²) in [5, 5.41) is 10.6. The molecule has 2 N–H and O–H groups in total. The Morgan fingerprint density at radius 2 is 2.24 bits per heavy atom. The summed E-state index contributed by atoms with van der Waals surface area (Å²) in [6.45, 7) is 1.76. The molecule has 21 heavy (non-hydrogen) atoms. The van der Waals surface area contributed by atoms with E-state index in [-0.39, 0.29) is 16.3 Å². The number of hydrogen-bond donors (Lipinski definition) is 2. The number of carboxylic acids is 1. The maximum Gasteiger partial charge on any atom is 0.347 e. The lowest BCUT2D eigenvalue weighted by molar-refractivity contribution is 0.0698. The van der Waals surface area contributed by atoms with Crippen LogP contribution in [0, 0.1) is 6.92 Å². The van der Waals surface area contributed by atoms with E-state index in [2.05, 4.69) is 9.71 Å². The minimum absolute atomic E-state index is 0.147. The summed E-state index contributed by atoms with van der Waals surface area (Å²) in [5.41, 5.74) is 1.34. The number of aromatic carboxylic acids is 1. The van der Waals surface area contributed by atoms with Gasteiger partial charge in [-0.2, -0.15) is 0 Å². The van der Waals surface area contributed by atoms with Gasteiger partial charge in [0.1, 0.15) is 9.77 Å². The molecular weight excluding hydrogens is 312 g/mol. The number of rotatable bonds is 6. The smallest absolute Gasteiger partial charge is 0.347 e. The zero-order chi connectivity index (χ0) is 15.5. The summed E-state index contributed by atoms with van der Waals surface area (Å²) < 4.78 is 26.9. The molecule has 0 atom stereocenters. The summed E-state index contributed by atoms with van der Waals surface area (Å²) in [7, 11) is -3.83. The molecule has 6 nitrogen and oxygen atoms in total. The highest BCUT2D eigenvalue weighted by molar-refractivity contribution is 7.89. The Hall–Kier alpha value is -1.77. The van der Waals surface area contributed by atoms with Crippen LogP contribution in [0.15, 0.2) is 34.8 Å². The molecule has 112 valence electrons. The molecule has 0 spiro atoms. The van der Waals surface area contributed by atoms with E-state index in [9.17, 15) is 13.2 Å². The lowest BCUT2D eigenvalue weighted by Crippen LogP contribution is -2.27. The molecule has 0 saturated carbocycles. The minimum Gasteiger partial charge on any atom is -0.477 e. The van der Waals surface area contributed by atoms with E-state index < -0.39 is 16.0 Å². The molecule has 0 amide bonds. The van der Waals surface area contributed by atoms with Crippen LogP contribution in [0.1, 0.15) is 20.8 Å². The summed E-state index contributed by atoms with van der Waals surface area (Å²) >= 11 is 0.912. The third kappa shape index (κ3) is 3.66. The second-order valence-corrected chi connectivity index (χ2v) is 6.97. The molecule has 0 aliphatic rings. The first-order valence-electron chi connectivity index (χ1n) is 6.12. The maximum absolute atomic E-state index is 12.2. The van der Waals surface area contributed by atoms with Crippen LogP contribution in [-0.4, -0.2) is 31.0 Å². The summed E-state index contributed by atoms with van der Waals surface area (Å²) in [6, 6.07) is 3.62. The van der Waals surface area contributed by atoms with E-state index in [1.807, 2.05) is 6.07 Å². The lowest BCUT2D eigenvalue weighted by atomic mass is 10.2. The van der Waals surface area contributed by atoms with E-state index in [1.165, 1.54) is 5.38 Å². The Balaban J connectivity index is 2.12. The van der Waals surface area contributed by atoms with E-state index >= 15 is 0 Å². The van der Waals surface area contributed by atoms with Crippen molar-refractivity contribution in [2.24, 2.45) is 0 Å². The third-order valence-corrected chi connectivity index (χ3v) is 5.67. The van der Waals surface area contributed by atoms with Gasteiger partial charge in [0.25, 0.3) is 0 Å². The number of carboxylic acid groups (broad SMARTS) is 1. The second-order valence-electron chi connectivity index (χ2n) is 4.39. The Morgan fingerprint density at radius 1 is 1.48 bits per heavy atom. The summed E-state index contributed by atoms with van der Waals surface area (Å²) in [4.78, 5) is 14.7. The van der Waals surface area contributed by atoms with Gasteiger partial charge >= 0.3 is 5.97 Å². The number of hydrogen-bond acceptors (Lipinski definition) is 5. The molecule has 0 radical (unpaired) electrons. The van der Waals surface area contributed by atoms with Gasteiger partial charge in [0, 0.05) is 18.9 Å². The fourth-order valence-electron chi connectivity index (χ4n) is 1.86. The van der Waals surface area contributed by atoms with Crippen molar-refractivity contribution in [2.75, 3.05) is 6.54 Å². The topological polar surface area (TPSA) is 96.4 Å². The van der Waals surface area contributed by atoms with Crippen LogP contribution in [-0.2, 0) is 16.4 Å². The number of pyridine rings is 1. The number of nitrogens with one attached hydrogen (secondary N) is 1. The monoisotopic (exact) mass is 326 g/mol. The van der Waals surface area contributed by atoms with Crippen molar-refractivity contribution in [1.82, 2.24) is 9.71 Å². The SMILES string of the molecule is Cc1csc(C(=O)O)c1S(=O)(=O)NCCc1cccnc1. The lowest BCUT2D eigenvalue weighted by Gasteiger charge is -2.07. The van der Waals surface area contributed by atoms with Crippen LogP contribution in [0.2, 0.25) is 0 Å². The van der Waals surface area contributed by atoms with Gasteiger partial charge in [-0.3, -0.25) is 4.98 Å². The Kier molecular flexibility index (Phi) is 4.71. The predicted octanol–water partition coefficient (Wildman–Crippen LogP) is 1.67. The van der Waals surface area contributed by atoms with Gasteiger partial charge in [-0.25, -0.2) is 17.9 Å². The average molecular weight is 326 g/mol. The van der Waals surface area contributed by atoms with Crippen molar-refractivity contribution in [2.45, 2.75) is 18.2 Å². The van der Waals surface area contributed by atoms with Crippen LogP contribution in [0.5, 0.6) is 0 Å². The molecular formula is C13H14N2O4S2. The van der Waals surface area contributed by atoms with Crippen LogP contribution in [0.4, 0.5) is 0 Å². The largest absolute Gasteiger partial charge is 0.477 e. The molecule has 0 bridgehead atoms. The molecule has 2 aromatic heterocycles. The van der Waals surface area contributed by atoms with E-state index in [0.29, 0.717) is 12.0 Å². The fourth-order valence-corrected chi connectivity index (χ4v) is 4.52. The van der Waals surface area contributed by atoms with Gasteiger partial charge in [0.2, 0.25) is 10.0 Å². The van der Waals surface area contributed by atoms with Crippen molar-refractivity contribution >= 4 is 27.3 Å². The van der Waals surface area contributed by atoms with Gasteiger partial charge in [-0.15, -0.1) is 11.3 Å². The second kappa shape index (κ2) is 6.33. The molecule has 0 aromatic carbocycles. The maximum atomic E-state index is 12.2. The summed E-state index contributed by atoms with van der Waals surface area (Å²) in [5.74, 6) is -1.24. The molecule has 0 aliphatic carbocycles. The molecule has 8 heteroatoms. The van der Waals surface area contributed by atoms with Gasteiger partial charge in [0.05, 0.1) is 0 Å². The highest BCUT2D eigenvalue weighted by Gasteiger charge is 2.26. The van der Waals surface area contributed by atoms with Crippen molar-refractivity contribution in [3.8, 4) is 0 Å². The highest BCUT2D eigenvalue weighted by Crippen LogP contribution is 2.26. The first-order chi connectivity index (χ1) is 9.92. The Bertz CT molecular complexity index is 739. The Morgan fingerprint density at radius 3 is 2.86 bits per heavy atom. The molecule has 0 saturated heterocycles. The number of carbonyl (C=O) groups is 1. The summed E-state index contributed by atoms with van der Waals surface area (Å²) in [6.07, 6.45) is 3.78. The third-order valence-electron chi connectivity index (χ3n) is 2.81. The number of thiophene rings is 1. The van der Waals surface area contributed by atoms with Gasteiger partial charge in [-0.1, -0.05) is 6.07 Å². The first kappa shape index (κ1) is 15.6. The minimum atomic E-state index is -3.83. The predicted molar refractivity (Wildman–Crippen MR) is 79.1 cm³/mol. The van der Waals surface area contributed by atoms with Crippen molar-refractivity contribution in [3.05, 3.63) is 45.9 Å².